The molecule has 5 rings (SSSR count). The molecule has 3 aliphatic rings. The summed E-state index contributed by atoms with van der Waals surface area (Å²) in [6.07, 6.45) is 1.26. The van der Waals surface area contributed by atoms with Crippen molar-refractivity contribution in [2.24, 2.45) is 5.41 Å². The Morgan fingerprint density at radius 2 is 1.89 bits per heavy atom. The average molecular weight is 365 g/mol. The Morgan fingerprint density at radius 3 is 2.67 bits per heavy atom. The number of Topliss-reactive ketones (excluding diaryl/α,β-unsaturated/α-hetero) is 1. The summed E-state index contributed by atoms with van der Waals surface area (Å²) in [7, 11) is 0. The fourth-order valence-corrected chi connectivity index (χ4v) is 4.44. The third kappa shape index (κ3) is 2.60. The van der Waals surface area contributed by atoms with Gasteiger partial charge >= 0.3 is 0 Å². The fraction of sp³-hybridized carbons (Fsp3) is 0.318. The molecular formula is C22H20FNO3. The van der Waals surface area contributed by atoms with Crippen molar-refractivity contribution in [2.75, 3.05) is 12.1 Å². The third-order valence-corrected chi connectivity index (χ3v) is 5.53. The van der Waals surface area contributed by atoms with E-state index in [9.17, 15) is 9.18 Å². The van der Waals surface area contributed by atoms with Crippen LogP contribution in [0.15, 0.2) is 47.7 Å². The maximum atomic E-state index is 14.0. The molecule has 5 heteroatoms. The van der Waals surface area contributed by atoms with Crippen molar-refractivity contribution >= 4 is 11.5 Å². The van der Waals surface area contributed by atoms with Crippen LogP contribution in [0.4, 0.5) is 10.1 Å². The van der Waals surface area contributed by atoms with Gasteiger partial charge in [-0.3, -0.25) is 4.79 Å². The normalized spacial score (nSPS) is 22.2. The van der Waals surface area contributed by atoms with Crippen LogP contribution in [0, 0.1) is 11.2 Å². The smallest absolute Gasteiger partial charge is 0.231 e. The summed E-state index contributed by atoms with van der Waals surface area (Å²) in [5.41, 5.74) is 4.14. The molecular weight excluding hydrogens is 345 g/mol. The van der Waals surface area contributed by atoms with E-state index in [0.29, 0.717) is 17.9 Å². The van der Waals surface area contributed by atoms with Gasteiger partial charge in [0.05, 0.1) is 0 Å². The molecule has 0 saturated heterocycles. The molecule has 4 nitrogen and oxygen atoms in total. The molecule has 0 fully saturated rings. The molecule has 0 amide bonds. The molecule has 138 valence electrons. The predicted molar refractivity (Wildman–Crippen MR) is 99.5 cm³/mol. The summed E-state index contributed by atoms with van der Waals surface area (Å²) in [6, 6.07) is 10.3. The van der Waals surface area contributed by atoms with Gasteiger partial charge in [0.1, 0.15) is 5.82 Å². The van der Waals surface area contributed by atoms with Gasteiger partial charge in [0.2, 0.25) is 6.79 Å². The fourth-order valence-electron chi connectivity index (χ4n) is 4.44. The first-order valence-corrected chi connectivity index (χ1v) is 9.14. The van der Waals surface area contributed by atoms with Gasteiger partial charge in [-0.1, -0.05) is 26.0 Å². The molecule has 2 heterocycles. The quantitative estimate of drug-likeness (QED) is 0.792. The van der Waals surface area contributed by atoms with Gasteiger partial charge in [-0.05, 0) is 41.2 Å². The number of anilines is 1. The van der Waals surface area contributed by atoms with E-state index in [-0.39, 0.29) is 29.7 Å². The minimum Gasteiger partial charge on any atom is -0.454 e. The van der Waals surface area contributed by atoms with E-state index in [4.69, 9.17) is 9.47 Å². The van der Waals surface area contributed by atoms with Crippen LogP contribution in [0.2, 0.25) is 0 Å². The molecule has 0 unspecified atom stereocenters. The molecule has 0 saturated carbocycles. The number of ketones is 1. The van der Waals surface area contributed by atoms with Crippen molar-refractivity contribution in [1.29, 1.82) is 0 Å². The number of carbonyl (C=O) groups is 1. The van der Waals surface area contributed by atoms with Crippen molar-refractivity contribution in [3.05, 3.63) is 64.6 Å². The van der Waals surface area contributed by atoms with Gasteiger partial charge < -0.3 is 14.8 Å². The summed E-state index contributed by atoms with van der Waals surface area (Å²) in [4.78, 5) is 13.1. The second-order valence-electron chi connectivity index (χ2n) is 8.24. The van der Waals surface area contributed by atoms with Crippen molar-refractivity contribution < 1.29 is 18.7 Å². The average Bonchev–Trinajstić information content (AvgIpc) is 3.04. The van der Waals surface area contributed by atoms with Crippen molar-refractivity contribution in [3.8, 4) is 11.5 Å². The molecule has 1 atom stereocenters. The number of fused-ring (bicyclic) bond motifs is 2. The maximum Gasteiger partial charge on any atom is 0.231 e. The highest BCUT2D eigenvalue weighted by Crippen LogP contribution is 2.51. The lowest BCUT2D eigenvalue weighted by Gasteiger charge is -2.39. The number of nitrogens with one attached hydrogen (secondary N) is 1. The minimum atomic E-state index is -0.315. The molecule has 1 N–H and O–H groups in total. The van der Waals surface area contributed by atoms with Gasteiger partial charge in [-0.2, -0.15) is 0 Å². The Morgan fingerprint density at radius 1 is 1.11 bits per heavy atom. The number of ether oxygens (including phenoxy) is 2. The van der Waals surface area contributed by atoms with E-state index in [1.54, 1.807) is 6.07 Å². The second kappa shape index (κ2) is 5.59. The number of hydrogen-bond donors (Lipinski definition) is 1. The van der Waals surface area contributed by atoms with Gasteiger partial charge in [-0.15, -0.1) is 0 Å². The molecule has 27 heavy (non-hydrogen) atoms. The first-order valence-electron chi connectivity index (χ1n) is 9.14. The van der Waals surface area contributed by atoms with Gasteiger partial charge in [0, 0.05) is 35.4 Å². The van der Waals surface area contributed by atoms with Crippen LogP contribution in [0.3, 0.4) is 0 Å². The third-order valence-electron chi connectivity index (χ3n) is 5.53. The highest BCUT2D eigenvalue weighted by molar-refractivity contribution is 6.01. The summed E-state index contributed by atoms with van der Waals surface area (Å²) in [5.74, 6) is 0.838. The SMILES string of the molecule is CC1(C)CC(=O)C2=C(C1)Nc1cc3c(cc1[C@H]2c1cccc(F)c1)OCO3. The van der Waals surface area contributed by atoms with Crippen molar-refractivity contribution in [3.63, 3.8) is 0 Å². The Hall–Kier alpha value is -2.82. The van der Waals surface area contributed by atoms with Crippen LogP contribution < -0.4 is 14.8 Å². The highest BCUT2D eigenvalue weighted by atomic mass is 19.1. The first kappa shape index (κ1) is 16.4. The number of allylic oxidation sites excluding steroid dienone is 2. The van der Waals surface area contributed by atoms with Crippen molar-refractivity contribution in [1.82, 2.24) is 0 Å². The Kier molecular flexibility index (Phi) is 3.39. The summed E-state index contributed by atoms with van der Waals surface area (Å²) >= 11 is 0. The Bertz CT molecular complexity index is 1010. The van der Waals surface area contributed by atoms with Gasteiger partial charge in [0.25, 0.3) is 0 Å². The minimum absolute atomic E-state index is 0.108. The first-order chi connectivity index (χ1) is 12.9. The molecule has 2 aliphatic heterocycles. The largest absolute Gasteiger partial charge is 0.454 e. The lowest BCUT2D eigenvalue weighted by molar-refractivity contribution is -0.118. The van der Waals surface area contributed by atoms with E-state index >= 15 is 0 Å². The highest BCUT2D eigenvalue weighted by Gasteiger charge is 2.41. The lowest BCUT2D eigenvalue weighted by atomic mass is 9.68. The zero-order valence-electron chi connectivity index (χ0n) is 15.3. The maximum absolute atomic E-state index is 14.0. The van der Waals surface area contributed by atoms with E-state index in [1.807, 2.05) is 18.2 Å². The van der Waals surface area contributed by atoms with Gasteiger partial charge in [-0.25, -0.2) is 4.39 Å². The lowest BCUT2D eigenvalue weighted by Crippen LogP contribution is -2.33. The van der Waals surface area contributed by atoms with Crippen LogP contribution in [0.1, 0.15) is 43.7 Å². The summed E-state index contributed by atoms with van der Waals surface area (Å²) < 4.78 is 25.1. The van der Waals surface area contributed by atoms with Crippen LogP contribution in [0.5, 0.6) is 11.5 Å². The Balaban J connectivity index is 1.74. The number of rotatable bonds is 1. The molecule has 0 radical (unpaired) electrons. The standard InChI is InChI=1S/C22H20FNO3/c1-22(2)9-16-21(17(25)10-22)20(12-4-3-5-13(23)6-12)14-7-18-19(27-11-26-18)8-15(14)24-16/h3-8,20,24H,9-11H2,1-2H3/t20-/m1/s1. The molecule has 2 aromatic rings. The summed E-state index contributed by atoms with van der Waals surface area (Å²) in [6.45, 7) is 4.38. The zero-order chi connectivity index (χ0) is 18.8. The summed E-state index contributed by atoms with van der Waals surface area (Å²) in [5, 5.41) is 3.46. The predicted octanol–water partition coefficient (Wildman–Crippen LogP) is 4.76. The van der Waals surface area contributed by atoms with Crippen LogP contribution in [-0.2, 0) is 4.79 Å². The van der Waals surface area contributed by atoms with E-state index in [0.717, 1.165) is 34.5 Å². The molecule has 0 aromatic heterocycles. The number of hydrogen-bond acceptors (Lipinski definition) is 4. The molecule has 2 aromatic carbocycles. The van der Waals surface area contributed by atoms with E-state index < -0.39 is 0 Å². The van der Waals surface area contributed by atoms with Crippen LogP contribution >= 0.6 is 0 Å². The van der Waals surface area contributed by atoms with Gasteiger partial charge in [0.15, 0.2) is 17.3 Å². The molecule has 1 aliphatic carbocycles. The topological polar surface area (TPSA) is 47.6 Å². The molecule has 0 bridgehead atoms. The van der Waals surface area contributed by atoms with E-state index in [2.05, 4.69) is 19.2 Å². The van der Waals surface area contributed by atoms with E-state index in [1.165, 1.54) is 12.1 Å². The van der Waals surface area contributed by atoms with Crippen LogP contribution in [-0.4, -0.2) is 12.6 Å². The number of benzene rings is 2. The monoisotopic (exact) mass is 365 g/mol. The van der Waals surface area contributed by atoms with Crippen molar-refractivity contribution in [2.45, 2.75) is 32.6 Å². The number of halogens is 1. The van der Waals surface area contributed by atoms with Crippen LogP contribution in [0.25, 0.3) is 0 Å². The Labute approximate surface area is 157 Å². The number of carbonyl (C=O) groups excluding carboxylic acids is 1. The second-order valence-corrected chi connectivity index (χ2v) is 8.24. The molecule has 0 spiro atoms. The zero-order valence-corrected chi connectivity index (χ0v) is 15.3.